The summed E-state index contributed by atoms with van der Waals surface area (Å²) in [5.74, 6) is -0.323. The summed E-state index contributed by atoms with van der Waals surface area (Å²) in [5.41, 5.74) is -0.354. The molecule has 2 rings (SSSR count). The molecular weight excluding hydrogens is 285 g/mol. The van der Waals surface area contributed by atoms with Gasteiger partial charge in [0.15, 0.2) is 0 Å². The Morgan fingerprint density at radius 1 is 1.48 bits per heavy atom. The quantitative estimate of drug-likeness (QED) is 0.795. The van der Waals surface area contributed by atoms with Gasteiger partial charge in [-0.2, -0.15) is 13.2 Å². The summed E-state index contributed by atoms with van der Waals surface area (Å²) in [4.78, 5) is 11.9. The fourth-order valence-corrected chi connectivity index (χ4v) is 2.30. The van der Waals surface area contributed by atoms with Gasteiger partial charge in [-0.3, -0.25) is 4.79 Å². The molecule has 0 unspecified atom stereocenters. The van der Waals surface area contributed by atoms with Crippen LogP contribution in [0.4, 0.5) is 13.2 Å². The van der Waals surface area contributed by atoms with Crippen molar-refractivity contribution in [2.24, 2.45) is 0 Å². The Morgan fingerprint density at radius 2 is 2.19 bits per heavy atom. The van der Waals surface area contributed by atoms with Gasteiger partial charge in [-0.05, 0) is 31.0 Å². The fourth-order valence-electron chi connectivity index (χ4n) is 2.30. The molecule has 1 aromatic carbocycles. The molecule has 0 aliphatic carbocycles. The van der Waals surface area contributed by atoms with Crippen LogP contribution in [0.15, 0.2) is 24.3 Å². The van der Waals surface area contributed by atoms with Gasteiger partial charge < -0.3 is 15.7 Å². The standard InChI is InChI=1S/C14H17F3N2O2/c1-8(19-13(21)12-6-11(20)7-18-12)9-3-2-4-10(5-9)14(15,16)17/h2-5,8,11-12,18,20H,6-7H2,1H3,(H,19,21)/t8-,11+,12+/m0/s1. The van der Waals surface area contributed by atoms with Gasteiger partial charge in [0.1, 0.15) is 0 Å². The maximum atomic E-state index is 12.7. The minimum absolute atomic E-state index is 0.307. The zero-order chi connectivity index (χ0) is 15.6. The van der Waals surface area contributed by atoms with Crippen LogP contribution in [0.1, 0.15) is 30.5 Å². The summed E-state index contributed by atoms with van der Waals surface area (Å²) in [6.07, 6.45) is -4.66. The first kappa shape index (κ1) is 15.8. The van der Waals surface area contributed by atoms with Crippen LogP contribution in [0.2, 0.25) is 0 Å². The second kappa shape index (κ2) is 6.03. The molecule has 21 heavy (non-hydrogen) atoms. The maximum Gasteiger partial charge on any atom is 0.416 e. The van der Waals surface area contributed by atoms with E-state index in [1.807, 2.05) is 0 Å². The normalized spacial score (nSPS) is 23.9. The summed E-state index contributed by atoms with van der Waals surface area (Å²) in [6, 6.07) is 3.83. The van der Waals surface area contributed by atoms with Gasteiger partial charge in [0.25, 0.3) is 0 Å². The molecule has 3 atom stereocenters. The van der Waals surface area contributed by atoms with E-state index in [2.05, 4.69) is 10.6 Å². The van der Waals surface area contributed by atoms with Crippen LogP contribution < -0.4 is 10.6 Å². The Balaban J connectivity index is 2.03. The molecule has 0 radical (unpaired) electrons. The molecule has 4 nitrogen and oxygen atoms in total. The molecule has 0 spiro atoms. The first-order valence-corrected chi connectivity index (χ1v) is 6.66. The lowest BCUT2D eigenvalue weighted by Crippen LogP contribution is -2.41. The zero-order valence-electron chi connectivity index (χ0n) is 11.4. The van der Waals surface area contributed by atoms with Gasteiger partial charge in [0.2, 0.25) is 5.91 Å². The number of aliphatic hydroxyl groups is 1. The molecule has 1 aliphatic heterocycles. The molecule has 1 heterocycles. The number of hydrogen-bond donors (Lipinski definition) is 3. The van der Waals surface area contributed by atoms with Gasteiger partial charge in [-0.15, -0.1) is 0 Å². The Bertz CT molecular complexity index is 519. The van der Waals surface area contributed by atoms with Crippen molar-refractivity contribution in [2.45, 2.75) is 37.7 Å². The number of hydrogen-bond acceptors (Lipinski definition) is 3. The van der Waals surface area contributed by atoms with Crippen molar-refractivity contribution in [1.82, 2.24) is 10.6 Å². The van der Waals surface area contributed by atoms with E-state index in [-0.39, 0.29) is 5.91 Å². The first-order valence-electron chi connectivity index (χ1n) is 6.66. The molecule has 7 heteroatoms. The van der Waals surface area contributed by atoms with Crippen molar-refractivity contribution in [1.29, 1.82) is 0 Å². The highest BCUT2D eigenvalue weighted by Crippen LogP contribution is 2.30. The molecule has 116 valence electrons. The van der Waals surface area contributed by atoms with Crippen molar-refractivity contribution in [2.75, 3.05) is 6.54 Å². The average Bonchev–Trinajstić information content (AvgIpc) is 2.84. The Labute approximate surface area is 120 Å². The molecule has 3 N–H and O–H groups in total. The number of rotatable bonds is 3. The molecule has 1 aromatic rings. The molecule has 0 saturated carbocycles. The second-order valence-electron chi connectivity index (χ2n) is 5.20. The number of amides is 1. The number of carbonyl (C=O) groups is 1. The number of nitrogens with one attached hydrogen (secondary N) is 2. The van der Waals surface area contributed by atoms with E-state index in [4.69, 9.17) is 0 Å². The topological polar surface area (TPSA) is 61.4 Å². The van der Waals surface area contributed by atoms with Gasteiger partial charge in [0, 0.05) is 6.54 Å². The Hall–Kier alpha value is -1.60. The predicted molar refractivity (Wildman–Crippen MR) is 70.4 cm³/mol. The van der Waals surface area contributed by atoms with Crippen molar-refractivity contribution < 1.29 is 23.1 Å². The van der Waals surface area contributed by atoms with Crippen molar-refractivity contribution in [3.8, 4) is 0 Å². The second-order valence-corrected chi connectivity index (χ2v) is 5.20. The summed E-state index contributed by atoms with van der Waals surface area (Å²) in [6.45, 7) is 1.97. The summed E-state index contributed by atoms with van der Waals surface area (Å²) >= 11 is 0. The third-order valence-electron chi connectivity index (χ3n) is 3.50. The van der Waals surface area contributed by atoms with Crippen LogP contribution in [0.3, 0.4) is 0 Å². The number of carbonyl (C=O) groups excluding carboxylic acids is 1. The monoisotopic (exact) mass is 302 g/mol. The molecule has 0 aromatic heterocycles. The number of benzene rings is 1. The number of halogens is 3. The molecular formula is C14H17F3N2O2. The molecule has 0 bridgehead atoms. The lowest BCUT2D eigenvalue weighted by molar-refractivity contribution is -0.137. The van der Waals surface area contributed by atoms with Crippen LogP contribution in [0, 0.1) is 0 Å². The third-order valence-corrected chi connectivity index (χ3v) is 3.50. The summed E-state index contributed by atoms with van der Waals surface area (Å²) in [7, 11) is 0. The minimum Gasteiger partial charge on any atom is -0.392 e. The summed E-state index contributed by atoms with van der Waals surface area (Å²) < 4.78 is 38.0. The molecule has 1 amide bonds. The summed E-state index contributed by atoms with van der Waals surface area (Å²) in [5, 5.41) is 14.9. The number of alkyl halides is 3. The van der Waals surface area contributed by atoms with E-state index in [1.54, 1.807) is 6.92 Å². The van der Waals surface area contributed by atoms with E-state index < -0.39 is 29.9 Å². The van der Waals surface area contributed by atoms with Crippen LogP contribution in [-0.2, 0) is 11.0 Å². The van der Waals surface area contributed by atoms with Crippen molar-refractivity contribution >= 4 is 5.91 Å². The minimum atomic E-state index is -4.41. The van der Waals surface area contributed by atoms with Crippen LogP contribution in [0.5, 0.6) is 0 Å². The highest BCUT2D eigenvalue weighted by atomic mass is 19.4. The van der Waals surface area contributed by atoms with Gasteiger partial charge in [-0.1, -0.05) is 12.1 Å². The van der Waals surface area contributed by atoms with Crippen LogP contribution >= 0.6 is 0 Å². The highest BCUT2D eigenvalue weighted by molar-refractivity contribution is 5.82. The lowest BCUT2D eigenvalue weighted by Gasteiger charge is -2.18. The van der Waals surface area contributed by atoms with E-state index in [9.17, 15) is 23.1 Å². The largest absolute Gasteiger partial charge is 0.416 e. The molecule has 1 saturated heterocycles. The highest BCUT2D eigenvalue weighted by Gasteiger charge is 2.31. The van der Waals surface area contributed by atoms with Crippen molar-refractivity contribution in [3.05, 3.63) is 35.4 Å². The SMILES string of the molecule is C[C@H](NC(=O)[C@H]1C[C@@H](O)CN1)c1cccc(C(F)(F)F)c1. The zero-order valence-corrected chi connectivity index (χ0v) is 11.4. The van der Waals surface area contributed by atoms with Crippen LogP contribution in [0.25, 0.3) is 0 Å². The van der Waals surface area contributed by atoms with Crippen LogP contribution in [-0.4, -0.2) is 29.7 Å². The number of aliphatic hydroxyl groups excluding tert-OH is 1. The van der Waals surface area contributed by atoms with E-state index in [0.29, 0.717) is 18.5 Å². The fraction of sp³-hybridized carbons (Fsp3) is 0.500. The van der Waals surface area contributed by atoms with E-state index >= 15 is 0 Å². The van der Waals surface area contributed by atoms with Gasteiger partial charge >= 0.3 is 6.18 Å². The Kier molecular flexibility index (Phi) is 4.53. The van der Waals surface area contributed by atoms with Gasteiger partial charge in [0.05, 0.1) is 23.8 Å². The lowest BCUT2D eigenvalue weighted by atomic mass is 10.0. The average molecular weight is 302 g/mol. The molecule has 1 aliphatic rings. The van der Waals surface area contributed by atoms with Gasteiger partial charge in [-0.25, -0.2) is 0 Å². The van der Waals surface area contributed by atoms with Crippen molar-refractivity contribution in [3.63, 3.8) is 0 Å². The van der Waals surface area contributed by atoms with E-state index in [0.717, 1.165) is 12.1 Å². The first-order chi connectivity index (χ1) is 9.77. The maximum absolute atomic E-state index is 12.7. The van der Waals surface area contributed by atoms with E-state index in [1.165, 1.54) is 12.1 Å². The third kappa shape index (κ3) is 3.95. The predicted octanol–water partition coefficient (Wildman–Crippen LogP) is 1.61. The molecule has 1 fully saturated rings. The number of β-amino-alcohol motifs (C(OH)–C–C–N with tert-alkyl or cyclic N) is 1. The Morgan fingerprint density at radius 3 is 2.76 bits per heavy atom. The smallest absolute Gasteiger partial charge is 0.392 e.